The smallest absolute Gasteiger partial charge is 0.0601 e. The van der Waals surface area contributed by atoms with Gasteiger partial charge in [-0.2, -0.15) is 0 Å². The maximum Gasteiger partial charge on any atom is 0.0601 e. The van der Waals surface area contributed by atoms with Gasteiger partial charge >= 0.3 is 0 Å². The molecule has 0 unspecified atom stereocenters. The van der Waals surface area contributed by atoms with Crippen molar-refractivity contribution in [1.82, 2.24) is 5.32 Å². The van der Waals surface area contributed by atoms with Gasteiger partial charge in [0.15, 0.2) is 0 Å². The number of rotatable bonds is 6. The average Bonchev–Trinajstić information content (AvgIpc) is 2.01. The van der Waals surface area contributed by atoms with E-state index in [4.69, 9.17) is 9.47 Å². The van der Waals surface area contributed by atoms with Gasteiger partial charge in [0.2, 0.25) is 0 Å². The number of methoxy groups -OCH3 is 1. The van der Waals surface area contributed by atoms with Crippen LogP contribution in [-0.2, 0) is 9.47 Å². The van der Waals surface area contributed by atoms with E-state index in [2.05, 4.69) is 5.32 Å². The third-order valence-electron chi connectivity index (χ3n) is 2.31. The zero-order valence-corrected chi connectivity index (χ0v) is 8.01. The van der Waals surface area contributed by atoms with Gasteiger partial charge < -0.3 is 14.8 Å². The monoisotopic (exact) mass is 173 g/mol. The molecule has 3 nitrogen and oxygen atoms in total. The fourth-order valence-electron chi connectivity index (χ4n) is 1.40. The van der Waals surface area contributed by atoms with Gasteiger partial charge in [-0.25, -0.2) is 0 Å². The number of hydrogen-bond donors (Lipinski definition) is 1. The van der Waals surface area contributed by atoms with E-state index in [1.54, 1.807) is 7.11 Å². The van der Waals surface area contributed by atoms with Gasteiger partial charge in [-0.15, -0.1) is 0 Å². The summed E-state index contributed by atoms with van der Waals surface area (Å²) >= 11 is 0. The van der Waals surface area contributed by atoms with Crippen LogP contribution in [0.4, 0.5) is 0 Å². The minimum atomic E-state index is 0.495. The Morgan fingerprint density at radius 1 is 1.42 bits per heavy atom. The van der Waals surface area contributed by atoms with Crippen LogP contribution in [0.5, 0.6) is 0 Å². The molecule has 0 amide bonds. The van der Waals surface area contributed by atoms with Crippen molar-refractivity contribution < 1.29 is 9.47 Å². The molecular formula is C9H19NO2. The number of hydrogen-bond acceptors (Lipinski definition) is 3. The molecule has 0 aromatic carbocycles. The third kappa shape index (κ3) is 3.09. The van der Waals surface area contributed by atoms with Crippen molar-refractivity contribution in [3.63, 3.8) is 0 Å². The lowest BCUT2D eigenvalue weighted by molar-refractivity contribution is 0.0151. The Morgan fingerprint density at radius 3 is 2.75 bits per heavy atom. The fourth-order valence-corrected chi connectivity index (χ4v) is 1.40. The van der Waals surface area contributed by atoms with E-state index in [0.717, 1.165) is 32.6 Å². The molecular weight excluding hydrogens is 154 g/mol. The largest absolute Gasteiger partial charge is 0.381 e. The van der Waals surface area contributed by atoms with Crippen molar-refractivity contribution in [3.8, 4) is 0 Å². The van der Waals surface area contributed by atoms with Gasteiger partial charge in [-0.3, -0.25) is 0 Å². The van der Waals surface area contributed by atoms with Crippen LogP contribution in [0.1, 0.15) is 19.8 Å². The lowest BCUT2D eigenvalue weighted by Crippen LogP contribution is -2.46. The summed E-state index contributed by atoms with van der Waals surface area (Å²) in [5, 5.41) is 3.41. The lowest BCUT2D eigenvalue weighted by atomic mass is 9.89. The summed E-state index contributed by atoms with van der Waals surface area (Å²) in [5.74, 6) is 0. The highest BCUT2D eigenvalue weighted by Gasteiger charge is 2.27. The van der Waals surface area contributed by atoms with E-state index >= 15 is 0 Å². The quantitative estimate of drug-likeness (QED) is 0.602. The molecule has 0 aromatic heterocycles. The predicted octanol–water partition coefficient (Wildman–Crippen LogP) is 0.790. The topological polar surface area (TPSA) is 30.5 Å². The van der Waals surface area contributed by atoms with Gasteiger partial charge in [-0.05, 0) is 19.8 Å². The van der Waals surface area contributed by atoms with Crippen LogP contribution < -0.4 is 5.32 Å². The molecule has 0 saturated heterocycles. The second kappa shape index (κ2) is 5.51. The number of ether oxygens (including phenoxy) is 2. The Balaban J connectivity index is 1.83. The van der Waals surface area contributed by atoms with Gasteiger partial charge in [-0.1, -0.05) is 0 Å². The Kier molecular flexibility index (Phi) is 4.58. The minimum Gasteiger partial charge on any atom is -0.381 e. The summed E-state index contributed by atoms with van der Waals surface area (Å²) in [6.07, 6.45) is 2.81. The van der Waals surface area contributed by atoms with Gasteiger partial charge in [0.1, 0.15) is 0 Å². The Bertz CT molecular complexity index is 113. The highest BCUT2D eigenvalue weighted by molar-refractivity contribution is 4.85. The maximum atomic E-state index is 5.21. The van der Waals surface area contributed by atoms with Crippen LogP contribution >= 0.6 is 0 Å². The molecule has 1 saturated carbocycles. The first-order valence-corrected chi connectivity index (χ1v) is 4.70. The fraction of sp³-hybridized carbons (Fsp3) is 1.00. The van der Waals surface area contributed by atoms with Gasteiger partial charge in [0, 0.05) is 26.3 Å². The molecule has 0 bridgehead atoms. The van der Waals surface area contributed by atoms with Crippen molar-refractivity contribution in [2.24, 2.45) is 0 Å². The van der Waals surface area contributed by atoms with Crippen LogP contribution in [0.25, 0.3) is 0 Å². The zero-order valence-electron chi connectivity index (χ0n) is 8.01. The van der Waals surface area contributed by atoms with Crippen molar-refractivity contribution in [1.29, 1.82) is 0 Å². The van der Waals surface area contributed by atoms with Gasteiger partial charge in [0.05, 0.1) is 12.7 Å². The molecule has 0 heterocycles. The van der Waals surface area contributed by atoms with E-state index < -0.39 is 0 Å². The molecule has 0 aliphatic heterocycles. The van der Waals surface area contributed by atoms with Crippen LogP contribution in [0.15, 0.2) is 0 Å². The summed E-state index contributed by atoms with van der Waals surface area (Å²) in [6, 6.07) is 0.662. The van der Waals surface area contributed by atoms with E-state index in [9.17, 15) is 0 Å². The maximum absolute atomic E-state index is 5.21. The van der Waals surface area contributed by atoms with E-state index in [-0.39, 0.29) is 0 Å². The first kappa shape index (κ1) is 9.96. The SMILES string of the molecule is CCOCCNC1CC(OC)C1. The van der Waals surface area contributed by atoms with E-state index in [0.29, 0.717) is 12.1 Å². The molecule has 0 spiro atoms. The second-order valence-corrected chi connectivity index (χ2v) is 3.18. The number of nitrogens with one attached hydrogen (secondary N) is 1. The molecule has 0 atom stereocenters. The molecule has 0 aromatic rings. The van der Waals surface area contributed by atoms with E-state index in [1.165, 1.54) is 0 Å². The summed E-state index contributed by atoms with van der Waals surface area (Å²) in [6.45, 7) is 4.62. The molecule has 72 valence electrons. The van der Waals surface area contributed by atoms with Crippen LogP contribution in [-0.4, -0.2) is 39.0 Å². The molecule has 1 aliphatic carbocycles. The van der Waals surface area contributed by atoms with Crippen molar-refractivity contribution >= 4 is 0 Å². The molecule has 1 N–H and O–H groups in total. The second-order valence-electron chi connectivity index (χ2n) is 3.18. The van der Waals surface area contributed by atoms with Crippen molar-refractivity contribution in [3.05, 3.63) is 0 Å². The first-order chi connectivity index (χ1) is 5.86. The predicted molar refractivity (Wildman–Crippen MR) is 48.3 cm³/mol. The molecule has 1 aliphatic rings. The minimum absolute atomic E-state index is 0.495. The summed E-state index contributed by atoms with van der Waals surface area (Å²) in [4.78, 5) is 0. The van der Waals surface area contributed by atoms with Crippen LogP contribution in [0.3, 0.4) is 0 Å². The van der Waals surface area contributed by atoms with Crippen molar-refractivity contribution in [2.45, 2.75) is 31.9 Å². The van der Waals surface area contributed by atoms with Crippen molar-refractivity contribution in [2.75, 3.05) is 26.9 Å². The van der Waals surface area contributed by atoms with Crippen LogP contribution in [0.2, 0.25) is 0 Å². The zero-order chi connectivity index (χ0) is 8.81. The molecule has 3 heteroatoms. The summed E-state index contributed by atoms with van der Waals surface area (Å²) in [7, 11) is 1.78. The lowest BCUT2D eigenvalue weighted by Gasteiger charge is -2.34. The Hall–Kier alpha value is -0.120. The van der Waals surface area contributed by atoms with Gasteiger partial charge in [0.25, 0.3) is 0 Å². The third-order valence-corrected chi connectivity index (χ3v) is 2.31. The Labute approximate surface area is 74.4 Å². The van der Waals surface area contributed by atoms with E-state index in [1.807, 2.05) is 6.92 Å². The van der Waals surface area contributed by atoms with Crippen LogP contribution in [0, 0.1) is 0 Å². The Morgan fingerprint density at radius 2 is 2.17 bits per heavy atom. The first-order valence-electron chi connectivity index (χ1n) is 4.70. The highest BCUT2D eigenvalue weighted by atomic mass is 16.5. The average molecular weight is 173 g/mol. The standard InChI is InChI=1S/C9H19NO2/c1-3-12-5-4-10-8-6-9(7-8)11-2/h8-10H,3-7H2,1-2H3. The molecule has 0 radical (unpaired) electrons. The highest BCUT2D eigenvalue weighted by Crippen LogP contribution is 2.21. The molecule has 1 fully saturated rings. The normalized spacial score (nSPS) is 28.5. The summed E-state index contributed by atoms with van der Waals surface area (Å²) in [5.41, 5.74) is 0. The molecule has 1 rings (SSSR count). The summed E-state index contributed by atoms with van der Waals surface area (Å²) < 4.78 is 10.4. The molecule has 12 heavy (non-hydrogen) atoms.